The van der Waals surface area contributed by atoms with E-state index in [2.05, 4.69) is 21.2 Å². The number of urea groups is 1. The van der Waals surface area contributed by atoms with E-state index in [0.29, 0.717) is 11.0 Å². The number of hydrogen-bond acceptors (Lipinski definition) is 5. The summed E-state index contributed by atoms with van der Waals surface area (Å²) in [7, 11) is 0. The molecule has 3 N–H and O–H groups in total. The molecular weight excluding hydrogens is 356 g/mol. The van der Waals surface area contributed by atoms with Crippen LogP contribution in [0, 0.1) is 5.92 Å². The molecule has 1 aromatic carbocycles. The molecule has 0 aromatic heterocycles. The summed E-state index contributed by atoms with van der Waals surface area (Å²) in [4.78, 5) is 34.5. The van der Waals surface area contributed by atoms with E-state index < -0.39 is 24.5 Å². The van der Waals surface area contributed by atoms with Gasteiger partial charge in [-0.15, -0.1) is 0 Å². The summed E-state index contributed by atoms with van der Waals surface area (Å²) >= 11 is 3.16. The van der Waals surface area contributed by atoms with Gasteiger partial charge in [-0.05, 0) is 24.1 Å². The molecule has 1 aromatic rings. The van der Waals surface area contributed by atoms with Crippen molar-refractivity contribution in [2.75, 3.05) is 13.2 Å². The van der Waals surface area contributed by atoms with Gasteiger partial charge >= 0.3 is 12.0 Å². The van der Waals surface area contributed by atoms with Crippen molar-refractivity contribution in [1.82, 2.24) is 10.6 Å². The second-order valence-electron chi connectivity index (χ2n) is 4.89. The highest BCUT2D eigenvalue weighted by Crippen LogP contribution is 2.22. The predicted molar refractivity (Wildman–Crippen MR) is 82.5 cm³/mol. The number of hydrogen-bond donors (Lipinski definition) is 3. The second-order valence-corrected chi connectivity index (χ2v) is 5.81. The lowest BCUT2D eigenvalue weighted by molar-refractivity contribution is -0.123. The Labute approximate surface area is 136 Å². The number of halogens is 1. The SMILES string of the molecule is CC(C)CNC(=O)NC(=O)COC(=O)c1cc(Br)ccc1O. The van der Waals surface area contributed by atoms with Gasteiger partial charge < -0.3 is 15.2 Å². The van der Waals surface area contributed by atoms with Gasteiger partial charge in [0, 0.05) is 11.0 Å². The van der Waals surface area contributed by atoms with Crippen LogP contribution in [0.1, 0.15) is 24.2 Å². The largest absolute Gasteiger partial charge is 0.507 e. The van der Waals surface area contributed by atoms with Gasteiger partial charge in [-0.1, -0.05) is 29.8 Å². The van der Waals surface area contributed by atoms with E-state index in [-0.39, 0.29) is 17.2 Å². The maximum atomic E-state index is 11.7. The highest BCUT2D eigenvalue weighted by atomic mass is 79.9. The molecule has 0 aliphatic rings. The van der Waals surface area contributed by atoms with E-state index in [4.69, 9.17) is 4.74 Å². The van der Waals surface area contributed by atoms with Gasteiger partial charge in [0.25, 0.3) is 5.91 Å². The molecule has 7 nitrogen and oxygen atoms in total. The molecule has 0 atom stereocenters. The van der Waals surface area contributed by atoms with Gasteiger partial charge in [0.1, 0.15) is 11.3 Å². The van der Waals surface area contributed by atoms with Crippen molar-refractivity contribution in [3.05, 3.63) is 28.2 Å². The highest BCUT2D eigenvalue weighted by molar-refractivity contribution is 9.10. The van der Waals surface area contributed by atoms with Crippen LogP contribution in [0.4, 0.5) is 4.79 Å². The number of ether oxygens (including phenoxy) is 1. The lowest BCUT2D eigenvalue weighted by Gasteiger charge is -2.09. The van der Waals surface area contributed by atoms with Crippen LogP contribution in [-0.4, -0.2) is 36.2 Å². The summed E-state index contributed by atoms with van der Waals surface area (Å²) in [6.45, 7) is 3.62. The van der Waals surface area contributed by atoms with Crippen LogP contribution in [0.25, 0.3) is 0 Å². The number of carbonyl (C=O) groups is 3. The Balaban J connectivity index is 2.45. The Hall–Kier alpha value is -2.09. The zero-order chi connectivity index (χ0) is 16.7. The number of nitrogens with one attached hydrogen (secondary N) is 2. The molecule has 0 saturated carbocycles. The number of imide groups is 1. The smallest absolute Gasteiger partial charge is 0.342 e. The normalized spacial score (nSPS) is 10.2. The van der Waals surface area contributed by atoms with Crippen LogP contribution in [0.5, 0.6) is 5.75 Å². The van der Waals surface area contributed by atoms with Crippen molar-refractivity contribution < 1.29 is 24.2 Å². The molecule has 0 spiro atoms. The third-order valence-electron chi connectivity index (χ3n) is 2.44. The topological polar surface area (TPSA) is 105 Å². The van der Waals surface area contributed by atoms with Crippen LogP contribution >= 0.6 is 15.9 Å². The molecule has 0 radical (unpaired) electrons. The quantitative estimate of drug-likeness (QED) is 0.683. The minimum atomic E-state index is -0.864. The molecule has 1 rings (SSSR count). The first-order valence-electron chi connectivity index (χ1n) is 6.53. The van der Waals surface area contributed by atoms with E-state index in [1.54, 1.807) is 6.07 Å². The van der Waals surface area contributed by atoms with E-state index in [9.17, 15) is 19.5 Å². The summed E-state index contributed by atoms with van der Waals surface area (Å²) in [5.41, 5.74) is -0.0774. The molecule has 8 heteroatoms. The van der Waals surface area contributed by atoms with Crippen molar-refractivity contribution in [2.24, 2.45) is 5.92 Å². The minimum absolute atomic E-state index is 0.0774. The van der Waals surface area contributed by atoms with Crippen molar-refractivity contribution >= 4 is 33.8 Å². The molecule has 0 unspecified atom stereocenters. The number of rotatable bonds is 5. The Bertz CT molecular complexity index is 574. The summed E-state index contributed by atoms with van der Waals surface area (Å²) in [5.74, 6) is -1.64. The van der Waals surface area contributed by atoms with Crippen LogP contribution in [-0.2, 0) is 9.53 Å². The maximum Gasteiger partial charge on any atom is 0.342 e. The maximum absolute atomic E-state index is 11.7. The molecule has 3 amide bonds. The van der Waals surface area contributed by atoms with Gasteiger partial charge in [-0.2, -0.15) is 0 Å². The van der Waals surface area contributed by atoms with Gasteiger partial charge in [0.05, 0.1) is 0 Å². The number of esters is 1. The summed E-state index contributed by atoms with van der Waals surface area (Å²) in [6.07, 6.45) is 0. The Kier molecular flexibility index (Phi) is 6.84. The van der Waals surface area contributed by atoms with Gasteiger partial charge in [0.2, 0.25) is 0 Å². The van der Waals surface area contributed by atoms with E-state index in [0.717, 1.165) is 0 Å². The zero-order valence-electron chi connectivity index (χ0n) is 12.2. The molecule has 120 valence electrons. The summed E-state index contributed by atoms with van der Waals surface area (Å²) in [6, 6.07) is 3.59. The molecule has 0 saturated heterocycles. The van der Waals surface area contributed by atoms with E-state index in [1.165, 1.54) is 12.1 Å². The Morgan fingerprint density at radius 2 is 2.00 bits per heavy atom. The van der Waals surface area contributed by atoms with Crippen molar-refractivity contribution in [3.63, 3.8) is 0 Å². The number of carbonyl (C=O) groups excluding carboxylic acids is 3. The summed E-state index contributed by atoms with van der Waals surface area (Å²) < 4.78 is 5.32. The van der Waals surface area contributed by atoms with Gasteiger partial charge in [0.15, 0.2) is 6.61 Å². The van der Waals surface area contributed by atoms with Gasteiger partial charge in [-0.25, -0.2) is 9.59 Å². The zero-order valence-corrected chi connectivity index (χ0v) is 13.8. The highest BCUT2D eigenvalue weighted by Gasteiger charge is 2.16. The van der Waals surface area contributed by atoms with Crippen LogP contribution < -0.4 is 10.6 Å². The molecular formula is C14H17BrN2O5. The molecule has 22 heavy (non-hydrogen) atoms. The molecule has 0 aliphatic carbocycles. The molecule has 0 heterocycles. The second kappa shape index (κ2) is 8.38. The standard InChI is InChI=1S/C14H17BrN2O5/c1-8(2)6-16-14(21)17-12(19)7-22-13(20)10-5-9(15)3-4-11(10)18/h3-5,8,18H,6-7H2,1-2H3,(H2,16,17,19,21). The van der Waals surface area contributed by atoms with Crippen LogP contribution in [0.3, 0.4) is 0 Å². The van der Waals surface area contributed by atoms with Crippen molar-refractivity contribution in [1.29, 1.82) is 0 Å². The number of phenolic OH excluding ortho intramolecular Hbond substituents is 1. The molecule has 0 bridgehead atoms. The van der Waals surface area contributed by atoms with Gasteiger partial charge in [-0.3, -0.25) is 10.1 Å². The lowest BCUT2D eigenvalue weighted by Crippen LogP contribution is -2.42. The summed E-state index contributed by atoms with van der Waals surface area (Å²) in [5, 5.41) is 14.1. The fourth-order valence-corrected chi connectivity index (χ4v) is 1.75. The first-order valence-corrected chi connectivity index (χ1v) is 7.32. The third-order valence-corrected chi connectivity index (χ3v) is 2.93. The van der Waals surface area contributed by atoms with Crippen molar-refractivity contribution in [3.8, 4) is 5.75 Å². The average Bonchev–Trinajstić information content (AvgIpc) is 2.45. The number of aromatic hydroxyl groups is 1. The molecule has 0 fully saturated rings. The fourth-order valence-electron chi connectivity index (χ4n) is 1.38. The monoisotopic (exact) mass is 372 g/mol. The predicted octanol–water partition coefficient (Wildman–Crippen LogP) is 1.79. The van der Waals surface area contributed by atoms with Crippen LogP contribution in [0.15, 0.2) is 22.7 Å². The first kappa shape index (κ1) is 18.0. The molecule has 0 aliphatic heterocycles. The minimum Gasteiger partial charge on any atom is -0.507 e. The Morgan fingerprint density at radius 1 is 1.32 bits per heavy atom. The number of phenols is 1. The first-order chi connectivity index (χ1) is 10.3. The third kappa shape index (κ3) is 6.13. The average molecular weight is 373 g/mol. The Morgan fingerprint density at radius 3 is 2.64 bits per heavy atom. The number of amides is 3. The van der Waals surface area contributed by atoms with Crippen molar-refractivity contribution in [2.45, 2.75) is 13.8 Å². The van der Waals surface area contributed by atoms with E-state index >= 15 is 0 Å². The number of benzene rings is 1. The van der Waals surface area contributed by atoms with E-state index in [1.807, 2.05) is 19.2 Å². The fraction of sp³-hybridized carbons (Fsp3) is 0.357. The van der Waals surface area contributed by atoms with Crippen LogP contribution in [0.2, 0.25) is 0 Å². The lowest BCUT2D eigenvalue weighted by atomic mass is 10.2.